The largest absolute Gasteiger partial charge is 4.00 e. The molecule has 33 heavy (non-hydrogen) atoms. The molecule has 0 aliphatic rings. The van der Waals surface area contributed by atoms with E-state index in [2.05, 4.69) is 27.7 Å². The van der Waals surface area contributed by atoms with E-state index in [1.165, 1.54) is 53.4 Å². The Balaban J connectivity index is -0.000000105. The summed E-state index contributed by atoms with van der Waals surface area (Å²) in [5.41, 5.74) is 0. The van der Waals surface area contributed by atoms with Crippen LogP contribution >= 0.6 is 0 Å². The SMILES string of the molecule is CC(=O)[CH-]C(C)=O.CC(=O)[CH-]C(C)=O.CCCCC(CC)C[O-].CCCCC(CC)C[O-].[Ti+4]. The van der Waals surface area contributed by atoms with E-state index in [4.69, 9.17) is 0 Å². The van der Waals surface area contributed by atoms with Crippen molar-refractivity contribution in [2.45, 2.75) is 107 Å². The second-order valence-corrected chi connectivity index (χ2v) is 7.90. The molecule has 0 aromatic carbocycles. The normalized spacial score (nSPS) is 10.7. The van der Waals surface area contributed by atoms with E-state index in [1.54, 1.807) is 0 Å². The third-order valence-electron chi connectivity index (χ3n) is 4.37. The van der Waals surface area contributed by atoms with Gasteiger partial charge in [0.1, 0.15) is 0 Å². The van der Waals surface area contributed by atoms with Gasteiger partial charge in [0, 0.05) is 23.1 Å². The quantitative estimate of drug-likeness (QED) is 0.202. The average Bonchev–Trinajstić information content (AvgIpc) is 2.69. The number of carbonyl (C=O) groups is 4. The summed E-state index contributed by atoms with van der Waals surface area (Å²) in [5, 5.41) is 20.7. The van der Waals surface area contributed by atoms with Gasteiger partial charge in [-0.2, -0.15) is 0 Å². The van der Waals surface area contributed by atoms with Crippen LogP contribution < -0.4 is 10.2 Å². The maximum atomic E-state index is 10.4. The summed E-state index contributed by atoms with van der Waals surface area (Å²) < 4.78 is 0. The van der Waals surface area contributed by atoms with Crippen molar-refractivity contribution in [1.82, 2.24) is 0 Å². The molecule has 0 aliphatic heterocycles. The standard InChI is InChI=1S/2C8H17O.2C5H7O2.Ti/c2*1-3-5-6-8(4-2)7-9;2*1-4(6)3-5(2)7;/h2*8H,3-7H2,1-2H3;2*3H,1-2H3;/q4*-1;+4. The van der Waals surface area contributed by atoms with Crippen LogP contribution in [0.25, 0.3) is 0 Å². The number of carbonyl (C=O) groups excluding carboxylic acids is 4. The van der Waals surface area contributed by atoms with Crippen molar-refractivity contribution in [2.75, 3.05) is 13.2 Å². The zero-order chi connectivity index (χ0) is 25.9. The van der Waals surface area contributed by atoms with Crippen molar-refractivity contribution in [3.8, 4) is 0 Å². The molecular weight excluding hydrogens is 456 g/mol. The molecule has 0 spiro atoms. The first-order valence-corrected chi connectivity index (χ1v) is 11.8. The van der Waals surface area contributed by atoms with E-state index < -0.39 is 0 Å². The third-order valence-corrected chi connectivity index (χ3v) is 4.37. The number of hydrogen-bond donors (Lipinski definition) is 0. The van der Waals surface area contributed by atoms with Gasteiger partial charge in [-0.1, -0.05) is 90.9 Å². The molecule has 0 fully saturated rings. The minimum atomic E-state index is -0.187. The summed E-state index contributed by atoms with van der Waals surface area (Å²) in [6.07, 6.45) is 11.4. The van der Waals surface area contributed by atoms with Crippen molar-refractivity contribution in [2.24, 2.45) is 11.8 Å². The van der Waals surface area contributed by atoms with Crippen LogP contribution in [0.3, 0.4) is 0 Å². The Kier molecular flexibility index (Phi) is 42.5. The number of rotatable bonds is 14. The van der Waals surface area contributed by atoms with Gasteiger partial charge < -0.3 is 29.4 Å². The second kappa shape index (κ2) is 33.2. The zero-order valence-corrected chi connectivity index (χ0v) is 23.9. The molecule has 0 aromatic rings. The zero-order valence-electron chi connectivity index (χ0n) is 22.3. The first kappa shape index (κ1) is 42.2. The van der Waals surface area contributed by atoms with E-state index in [0.29, 0.717) is 11.8 Å². The molecule has 192 valence electrons. The second-order valence-electron chi connectivity index (χ2n) is 7.90. The van der Waals surface area contributed by atoms with Crippen molar-refractivity contribution in [3.63, 3.8) is 0 Å². The summed E-state index contributed by atoms with van der Waals surface area (Å²) in [4.78, 5) is 39.9. The van der Waals surface area contributed by atoms with Crippen molar-refractivity contribution in [1.29, 1.82) is 0 Å². The van der Waals surface area contributed by atoms with Crippen LogP contribution in [0.15, 0.2) is 0 Å². The molecule has 0 saturated heterocycles. The fourth-order valence-corrected chi connectivity index (χ4v) is 2.37. The topological polar surface area (TPSA) is 114 Å². The predicted octanol–water partition coefficient (Wildman–Crippen LogP) is 3.86. The smallest absolute Gasteiger partial charge is 0.854 e. The Bertz CT molecular complexity index is 392. The Labute approximate surface area is 218 Å². The Morgan fingerprint density at radius 2 is 0.848 bits per heavy atom. The van der Waals surface area contributed by atoms with Crippen molar-refractivity contribution < 1.29 is 51.1 Å². The summed E-state index contributed by atoms with van der Waals surface area (Å²) in [6.45, 7) is 14.2. The molecule has 0 aliphatic carbocycles. The van der Waals surface area contributed by atoms with Gasteiger partial charge in [-0.15, -0.1) is 13.2 Å². The maximum absolute atomic E-state index is 10.4. The van der Waals surface area contributed by atoms with E-state index in [9.17, 15) is 29.4 Å². The van der Waals surface area contributed by atoms with Crippen LogP contribution in [-0.4, -0.2) is 36.3 Å². The van der Waals surface area contributed by atoms with Crippen LogP contribution in [0, 0.1) is 24.7 Å². The summed E-state index contributed by atoms with van der Waals surface area (Å²) >= 11 is 0. The number of unbranched alkanes of at least 4 members (excludes halogenated alkanes) is 2. The first-order valence-electron chi connectivity index (χ1n) is 11.8. The van der Waals surface area contributed by atoms with Crippen LogP contribution in [-0.2, 0) is 40.9 Å². The Morgan fingerprint density at radius 3 is 0.939 bits per heavy atom. The molecule has 7 heteroatoms. The molecule has 0 bridgehead atoms. The monoisotopic (exact) mass is 504 g/mol. The maximum Gasteiger partial charge on any atom is 4.00 e. The van der Waals surface area contributed by atoms with Crippen molar-refractivity contribution in [3.05, 3.63) is 12.8 Å². The average molecular weight is 505 g/mol. The minimum absolute atomic E-state index is 0. The molecule has 0 aromatic heterocycles. The molecule has 2 unspecified atom stereocenters. The van der Waals surface area contributed by atoms with Crippen LogP contribution in [0.4, 0.5) is 0 Å². The number of Topliss-reactive ketones (excluding diaryl/α,β-unsaturated/α-hetero) is 4. The molecule has 0 rings (SSSR count). The Hall–Kier alpha value is -0.946. The molecule has 6 nitrogen and oxygen atoms in total. The van der Waals surface area contributed by atoms with Gasteiger partial charge in [-0.25, -0.2) is 0 Å². The molecule has 0 heterocycles. The molecule has 0 radical (unpaired) electrons. The van der Waals surface area contributed by atoms with Gasteiger partial charge in [0.25, 0.3) is 0 Å². The molecular formula is C26H48O6Ti. The van der Waals surface area contributed by atoms with E-state index in [0.717, 1.165) is 38.5 Å². The van der Waals surface area contributed by atoms with Gasteiger partial charge >= 0.3 is 21.7 Å². The van der Waals surface area contributed by atoms with Gasteiger partial charge in [0.05, 0.1) is 0 Å². The number of ketones is 4. The van der Waals surface area contributed by atoms with Crippen LogP contribution in [0.2, 0.25) is 0 Å². The Morgan fingerprint density at radius 1 is 0.606 bits per heavy atom. The third kappa shape index (κ3) is 49.3. The summed E-state index contributed by atoms with van der Waals surface area (Å²) in [5.74, 6) is 0.148. The van der Waals surface area contributed by atoms with E-state index in [1.807, 2.05) is 0 Å². The minimum Gasteiger partial charge on any atom is -0.854 e. The van der Waals surface area contributed by atoms with Crippen LogP contribution in [0.5, 0.6) is 0 Å². The fraction of sp³-hybridized carbons (Fsp3) is 0.769. The summed E-state index contributed by atoms with van der Waals surface area (Å²) in [6, 6.07) is 0. The fourth-order valence-electron chi connectivity index (χ4n) is 2.37. The molecule has 0 saturated carbocycles. The van der Waals surface area contributed by atoms with E-state index >= 15 is 0 Å². The van der Waals surface area contributed by atoms with Gasteiger partial charge in [0.15, 0.2) is 0 Å². The van der Waals surface area contributed by atoms with Crippen molar-refractivity contribution >= 4 is 23.1 Å². The van der Waals surface area contributed by atoms with Gasteiger partial charge in [-0.05, 0) is 27.7 Å². The van der Waals surface area contributed by atoms with Gasteiger partial charge in [0.2, 0.25) is 0 Å². The molecule has 2 atom stereocenters. The van der Waals surface area contributed by atoms with E-state index in [-0.39, 0.29) is 58.1 Å². The summed E-state index contributed by atoms with van der Waals surface area (Å²) in [7, 11) is 0. The first-order chi connectivity index (χ1) is 14.9. The number of hydrogen-bond acceptors (Lipinski definition) is 6. The molecule has 0 amide bonds. The van der Waals surface area contributed by atoms with Crippen LogP contribution in [0.1, 0.15) is 107 Å². The van der Waals surface area contributed by atoms with Gasteiger partial charge in [-0.3, -0.25) is 12.8 Å². The molecule has 0 N–H and O–H groups in total. The predicted molar refractivity (Wildman–Crippen MR) is 128 cm³/mol.